The Morgan fingerprint density at radius 3 is 2.80 bits per heavy atom. The monoisotopic (exact) mass is 329 g/mol. The second kappa shape index (κ2) is 5.09. The average molecular weight is 330 g/mol. The first-order valence-corrected chi connectivity index (χ1v) is 6.93. The third-order valence-electron chi connectivity index (χ3n) is 3.19. The first-order chi connectivity index (χ1) is 9.65. The number of nitrogen functional groups attached to an aromatic ring is 1. The van der Waals surface area contributed by atoms with Crippen molar-refractivity contribution in [2.45, 2.75) is 6.54 Å². The van der Waals surface area contributed by atoms with Crippen molar-refractivity contribution in [3.63, 3.8) is 0 Å². The van der Waals surface area contributed by atoms with Crippen LogP contribution in [0.5, 0.6) is 0 Å². The fourth-order valence-corrected chi connectivity index (χ4v) is 2.54. The number of hydrogen-bond donors (Lipinski definition) is 1. The Balaban J connectivity index is 2.11. The summed E-state index contributed by atoms with van der Waals surface area (Å²) in [5, 5.41) is 4.87. The zero-order valence-electron chi connectivity index (χ0n) is 10.6. The Kier molecular flexibility index (Phi) is 3.28. The number of rotatable bonds is 2. The molecule has 1 heterocycles. The molecule has 2 aromatic carbocycles. The molecule has 3 aromatic rings. The van der Waals surface area contributed by atoms with Gasteiger partial charge < -0.3 is 5.73 Å². The summed E-state index contributed by atoms with van der Waals surface area (Å²) < 4.78 is 2.73. The van der Waals surface area contributed by atoms with E-state index in [-0.39, 0.29) is 5.43 Å². The maximum atomic E-state index is 11.8. The molecule has 0 saturated heterocycles. The van der Waals surface area contributed by atoms with E-state index in [0.717, 1.165) is 15.6 Å². The fraction of sp³-hybridized carbons (Fsp3) is 0.0667. The molecule has 0 aliphatic heterocycles. The Hall–Kier alpha value is -2.14. The molecule has 0 spiro atoms. The minimum atomic E-state index is -0.0689. The van der Waals surface area contributed by atoms with Crippen molar-refractivity contribution in [3.8, 4) is 0 Å². The number of nitrogens with two attached hydrogens (primary N) is 1. The van der Waals surface area contributed by atoms with Gasteiger partial charge in [0.15, 0.2) is 0 Å². The lowest BCUT2D eigenvalue weighted by Crippen LogP contribution is -2.13. The highest BCUT2D eigenvalue weighted by atomic mass is 79.9. The van der Waals surface area contributed by atoms with Crippen LogP contribution in [0.4, 0.5) is 5.69 Å². The molecule has 0 radical (unpaired) electrons. The van der Waals surface area contributed by atoms with Crippen molar-refractivity contribution in [2.75, 3.05) is 5.73 Å². The quantitative estimate of drug-likeness (QED) is 0.735. The summed E-state index contributed by atoms with van der Waals surface area (Å²) in [4.78, 5) is 11.8. The summed E-state index contributed by atoms with van der Waals surface area (Å²) in [5.41, 5.74) is 8.41. The highest BCUT2D eigenvalue weighted by Gasteiger charge is 2.06. The number of anilines is 1. The minimum Gasteiger partial charge on any atom is -0.398 e. The van der Waals surface area contributed by atoms with Gasteiger partial charge in [-0.1, -0.05) is 34.1 Å². The predicted molar refractivity (Wildman–Crippen MR) is 83.7 cm³/mol. The van der Waals surface area contributed by atoms with E-state index < -0.39 is 0 Å². The van der Waals surface area contributed by atoms with Gasteiger partial charge in [0.2, 0.25) is 5.43 Å². The summed E-state index contributed by atoms with van der Waals surface area (Å²) >= 11 is 3.39. The van der Waals surface area contributed by atoms with Crippen molar-refractivity contribution in [1.29, 1.82) is 0 Å². The molecular formula is C15H12BrN3O. The SMILES string of the molecule is Nc1cc(Br)ccc1Cn1ncc(=O)c2ccccc21. The molecule has 0 saturated carbocycles. The van der Waals surface area contributed by atoms with E-state index in [1.54, 1.807) is 10.7 Å². The smallest absolute Gasteiger partial charge is 0.207 e. The van der Waals surface area contributed by atoms with Crippen LogP contribution in [0.25, 0.3) is 10.9 Å². The van der Waals surface area contributed by atoms with Gasteiger partial charge in [-0.3, -0.25) is 9.48 Å². The van der Waals surface area contributed by atoms with Crippen LogP contribution >= 0.6 is 15.9 Å². The van der Waals surface area contributed by atoms with E-state index >= 15 is 0 Å². The zero-order valence-corrected chi connectivity index (χ0v) is 12.2. The molecule has 2 N–H and O–H groups in total. The molecule has 4 nitrogen and oxygen atoms in total. The lowest BCUT2D eigenvalue weighted by molar-refractivity contribution is 0.696. The summed E-state index contributed by atoms with van der Waals surface area (Å²) in [6.45, 7) is 0.528. The van der Waals surface area contributed by atoms with Gasteiger partial charge in [-0.05, 0) is 29.8 Å². The first kappa shape index (κ1) is 12.9. The van der Waals surface area contributed by atoms with Crippen molar-refractivity contribution >= 4 is 32.5 Å². The normalized spacial score (nSPS) is 10.8. The van der Waals surface area contributed by atoms with Gasteiger partial charge in [-0.2, -0.15) is 5.10 Å². The van der Waals surface area contributed by atoms with Crippen LogP contribution in [-0.4, -0.2) is 9.78 Å². The highest BCUT2D eigenvalue weighted by molar-refractivity contribution is 9.10. The van der Waals surface area contributed by atoms with Gasteiger partial charge in [0.25, 0.3) is 0 Å². The number of fused-ring (bicyclic) bond motifs is 1. The molecule has 1 aromatic heterocycles. The van der Waals surface area contributed by atoms with Crippen LogP contribution in [0, 0.1) is 0 Å². The van der Waals surface area contributed by atoms with Gasteiger partial charge in [-0.15, -0.1) is 0 Å². The average Bonchev–Trinajstić information content (AvgIpc) is 2.45. The molecular weight excluding hydrogens is 318 g/mol. The third-order valence-corrected chi connectivity index (χ3v) is 3.68. The Labute approximate surface area is 124 Å². The Morgan fingerprint density at radius 1 is 1.20 bits per heavy atom. The van der Waals surface area contributed by atoms with Crippen LogP contribution in [0.1, 0.15) is 5.56 Å². The largest absolute Gasteiger partial charge is 0.398 e. The van der Waals surface area contributed by atoms with Gasteiger partial charge in [-0.25, -0.2) is 0 Å². The number of aromatic nitrogens is 2. The molecule has 0 unspecified atom stereocenters. The molecule has 20 heavy (non-hydrogen) atoms. The number of nitrogens with zero attached hydrogens (tertiary/aromatic N) is 2. The van der Waals surface area contributed by atoms with Crippen LogP contribution in [0.15, 0.2) is 57.9 Å². The molecule has 0 aliphatic carbocycles. The van der Waals surface area contributed by atoms with E-state index in [1.165, 1.54) is 6.20 Å². The summed E-state index contributed by atoms with van der Waals surface area (Å²) in [6.07, 6.45) is 1.34. The number of benzene rings is 2. The number of para-hydroxylation sites is 1. The lowest BCUT2D eigenvalue weighted by atomic mass is 10.1. The zero-order chi connectivity index (χ0) is 14.1. The maximum Gasteiger partial charge on any atom is 0.207 e. The van der Waals surface area contributed by atoms with Crippen molar-refractivity contribution in [2.24, 2.45) is 0 Å². The maximum absolute atomic E-state index is 11.8. The summed E-state index contributed by atoms with van der Waals surface area (Å²) in [7, 11) is 0. The van der Waals surface area contributed by atoms with E-state index in [2.05, 4.69) is 21.0 Å². The highest BCUT2D eigenvalue weighted by Crippen LogP contribution is 2.20. The van der Waals surface area contributed by atoms with E-state index in [4.69, 9.17) is 5.73 Å². The Morgan fingerprint density at radius 2 is 2.00 bits per heavy atom. The van der Waals surface area contributed by atoms with Crippen molar-refractivity contribution in [3.05, 3.63) is 68.9 Å². The van der Waals surface area contributed by atoms with E-state index in [9.17, 15) is 4.79 Å². The third kappa shape index (κ3) is 2.32. The molecule has 100 valence electrons. The van der Waals surface area contributed by atoms with Gasteiger partial charge in [0.05, 0.1) is 18.3 Å². The molecule has 0 amide bonds. The summed E-state index contributed by atoms with van der Waals surface area (Å²) in [5.74, 6) is 0. The second-order valence-corrected chi connectivity index (χ2v) is 5.44. The van der Waals surface area contributed by atoms with Crippen LogP contribution in [-0.2, 0) is 6.54 Å². The minimum absolute atomic E-state index is 0.0689. The van der Waals surface area contributed by atoms with Gasteiger partial charge in [0, 0.05) is 15.5 Å². The predicted octanol–water partition coefficient (Wildman–Crippen LogP) is 2.79. The molecule has 0 aliphatic rings. The topological polar surface area (TPSA) is 60.9 Å². The molecule has 5 heteroatoms. The standard InChI is InChI=1S/C15H12BrN3O/c16-11-6-5-10(13(17)7-11)9-19-14-4-2-1-3-12(14)15(20)8-18-19/h1-8H,9,17H2. The fourth-order valence-electron chi connectivity index (χ4n) is 2.16. The first-order valence-electron chi connectivity index (χ1n) is 6.14. The second-order valence-electron chi connectivity index (χ2n) is 4.53. The molecule has 0 fully saturated rings. The Bertz CT molecular complexity index is 842. The van der Waals surface area contributed by atoms with Crippen molar-refractivity contribution < 1.29 is 0 Å². The van der Waals surface area contributed by atoms with Crippen LogP contribution < -0.4 is 11.2 Å². The molecule has 3 rings (SSSR count). The van der Waals surface area contributed by atoms with E-state index in [1.807, 2.05) is 36.4 Å². The van der Waals surface area contributed by atoms with E-state index in [0.29, 0.717) is 17.6 Å². The van der Waals surface area contributed by atoms with Gasteiger partial charge >= 0.3 is 0 Å². The van der Waals surface area contributed by atoms with Crippen molar-refractivity contribution in [1.82, 2.24) is 9.78 Å². The van der Waals surface area contributed by atoms with Gasteiger partial charge in [0.1, 0.15) is 0 Å². The van der Waals surface area contributed by atoms with Crippen LogP contribution in [0.2, 0.25) is 0 Å². The summed E-state index contributed by atoms with van der Waals surface area (Å²) in [6, 6.07) is 13.2. The molecule has 0 bridgehead atoms. The number of hydrogen-bond acceptors (Lipinski definition) is 3. The molecule has 0 atom stereocenters. The van der Waals surface area contributed by atoms with Crippen LogP contribution in [0.3, 0.4) is 0 Å². The lowest BCUT2D eigenvalue weighted by Gasteiger charge is -2.11. The number of halogens is 1.